The fourth-order valence-corrected chi connectivity index (χ4v) is 3.68. The Kier molecular flexibility index (Phi) is 3.83. The number of hydrogen-bond donors (Lipinski definition) is 0. The van der Waals surface area contributed by atoms with Gasteiger partial charge >= 0.3 is 0 Å². The molecule has 0 saturated heterocycles. The van der Waals surface area contributed by atoms with Gasteiger partial charge in [-0.05, 0) is 32.0 Å². The highest BCUT2D eigenvalue weighted by atomic mass is 32.2. The van der Waals surface area contributed by atoms with E-state index in [0.29, 0.717) is 16.6 Å². The molecule has 2 aromatic heterocycles. The Morgan fingerprint density at radius 3 is 2.46 bits per heavy atom. The number of Topliss-reactive ketones (excluding diaryl/α,β-unsaturated/α-hetero) is 1. The van der Waals surface area contributed by atoms with Gasteiger partial charge in [-0.1, -0.05) is 12.1 Å². The number of carbonyl (C=O) groups is 1. The standard InChI is InChI=1S/C17H19N3O3S/c1-11-9-13(12(2)19(11)3)16(21)10-20-15-8-6-5-7-14(15)18-17(20)24(4,22)23/h5-9H,10H2,1-4H3. The lowest BCUT2D eigenvalue weighted by Gasteiger charge is -2.08. The largest absolute Gasteiger partial charge is 0.351 e. The molecule has 0 bridgehead atoms. The quantitative estimate of drug-likeness (QED) is 0.680. The SMILES string of the molecule is Cc1cc(C(=O)Cn2c(S(C)(=O)=O)nc3ccccc32)c(C)n1C. The average Bonchev–Trinajstić information content (AvgIpc) is 3.01. The van der Waals surface area contributed by atoms with Crippen molar-refractivity contribution in [3.8, 4) is 0 Å². The van der Waals surface area contributed by atoms with E-state index in [0.717, 1.165) is 17.6 Å². The molecule has 6 nitrogen and oxygen atoms in total. The van der Waals surface area contributed by atoms with Gasteiger partial charge < -0.3 is 9.13 Å². The van der Waals surface area contributed by atoms with Crippen LogP contribution in [0.1, 0.15) is 21.7 Å². The molecule has 0 radical (unpaired) electrons. The molecule has 0 unspecified atom stereocenters. The number of aromatic nitrogens is 3. The number of imidazole rings is 1. The Morgan fingerprint density at radius 2 is 1.88 bits per heavy atom. The molecule has 126 valence electrons. The number of ketones is 1. The summed E-state index contributed by atoms with van der Waals surface area (Å²) in [7, 11) is -1.64. The number of sulfone groups is 1. The summed E-state index contributed by atoms with van der Waals surface area (Å²) in [6.07, 6.45) is 1.10. The van der Waals surface area contributed by atoms with Gasteiger partial charge in [0.15, 0.2) is 5.78 Å². The molecule has 3 aromatic rings. The molecule has 0 aliphatic heterocycles. The van der Waals surface area contributed by atoms with Gasteiger partial charge in [-0.3, -0.25) is 4.79 Å². The Morgan fingerprint density at radius 1 is 1.21 bits per heavy atom. The zero-order valence-electron chi connectivity index (χ0n) is 14.1. The molecule has 0 aliphatic carbocycles. The molecule has 2 heterocycles. The van der Waals surface area contributed by atoms with E-state index in [1.165, 1.54) is 4.57 Å². The summed E-state index contributed by atoms with van der Waals surface area (Å²) in [6, 6.07) is 8.93. The highest BCUT2D eigenvalue weighted by Crippen LogP contribution is 2.21. The van der Waals surface area contributed by atoms with Crippen molar-refractivity contribution < 1.29 is 13.2 Å². The minimum absolute atomic E-state index is 0.0623. The lowest BCUT2D eigenvalue weighted by atomic mass is 10.1. The van der Waals surface area contributed by atoms with Crippen molar-refractivity contribution in [1.29, 1.82) is 0 Å². The smallest absolute Gasteiger partial charge is 0.228 e. The normalized spacial score (nSPS) is 12.0. The highest BCUT2D eigenvalue weighted by molar-refractivity contribution is 7.90. The van der Waals surface area contributed by atoms with E-state index in [4.69, 9.17) is 0 Å². The zero-order valence-corrected chi connectivity index (χ0v) is 14.9. The van der Waals surface area contributed by atoms with Crippen LogP contribution in [-0.4, -0.2) is 34.6 Å². The summed E-state index contributed by atoms with van der Waals surface area (Å²) in [5.74, 6) is -0.135. The van der Waals surface area contributed by atoms with E-state index < -0.39 is 9.84 Å². The second kappa shape index (κ2) is 5.59. The molecule has 1 aromatic carbocycles. The van der Waals surface area contributed by atoms with Gasteiger partial charge in [-0.25, -0.2) is 13.4 Å². The average molecular weight is 345 g/mol. The van der Waals surface area contributed by atoms with Gasteiger partial charge in [0.25, 0.3) is 0 Å². The Labute approximate surface area is 140 Å². The Hall–Kier alpha value is -2.41. The van der Waals surface area contributed by atoms with Crippen molar-refractivity contribution in [3.05, 3.63) is 47.3 Å². The summed E-state index contributed by atoms with van der Waals surface area (Å²) in [5, 5.41) is -0.0812. The summed E-state index contributed by atoms with van der Waals surface area (Å²) in [4.78, 5) is 17.0. The molecule has 0 spiro atoms. The molecule has 0 aliphatic rings. The molecule has 3 rings (SSSR count). The molecule has 0 fully saturated rings. The second-order valence-electron chi connectivity index (χ2n) is 6.01. The van der Waals surface area contributed by atoms with E-state index in [1.54, 1.807) is 24.3 Å². The molecule has 0 saturated carbocycles. The van der Waals surface area contributed by atoms with Gasteiger partial charge in [-0.15, -0.1) is 0 Å². The molecule has 0 N–H and O–H groups in total. The predicted octanol–water partition coefficient (Wildman–Crippen LogP) is 2.28. The van der Waals surface area contributed by atoms with E-state index >= 15 is 0 Å². The van der Waals surface area contributed by atoms with Crippen molar-refractivity contribution >= 4 is 26.7 Å². The predicted molar refractivity (Wildman–Crippen MR) is 92.1 cm³/mol. The molecule has 0 atom stereocenters. The molecule has 0 amide bonds. The number of rotatable bonds is 4. The second-order valence-corrected chi connectivity index (χ2v) is 7.92. The number of benzene rings is 1. The van der Waals surface area contributed by atoms with Crippen molar-refractivity contribution in [2.45, 2.75) is 25.5 Å². The van der Waals surface area contributed by atoms with Gasteiger partial charge in [0.05, 0.1) is 17.6 Å². The topological polar surface area (TPSA) is 74.0 Å². The Bertz CT molecular complexity index is 1060. The van der Waals surface area contributed by atoms with Gasteiger partial charge in [0, 0.05) is 30.3 Å². The monoisotopic (exact) mass is 345 g/mol. The third-order valence-corrected chi connectivity index (χ3v) is 5.30. The lowest BCUT2D eigenvalue weighted by Crippen LogP contribution is -2.16. The van der Waals surface area contributed by atoms with Crippen molar-refractivity contribution in [2.24, 2.45) is 7.05 Å². The van der Waals surface area contributed by atoms with Crippen molar-refractivity contribution in [2.75, 3.05) is 6.26 Å². The summed E-state index contributed by atoms with van der Waals surface area (Å²) < 4.78 is 27.6. The number of para-hydroxylation sites is 2. The number of aryl methyl sites for hydroxylation is 1. The maximum Gasteiger partial charge on any atom is 0.228 e. The van der Waals surface area contributed by atoms with Crippen LogP contribution in [0.15, 0.2) is 35.5 Å². The fourth-order valence-electron chi connectivity index (χ4n) is 2.86. The molecule has 7 heteroatoms. The summed E-state index contributed by atoms with van der Waals surface area (Å²) in [5.41, 5.74) is 3.65. The third-order valence-electron chi connectivity index (χ3n) is 4.33. The summed E-state index contributed by atoms with van der Waals surface area (Å²) >= 11 is 0. The third kappa shape index (κ3) is 2.65. The highest BCUT2D eigenvalue weighted by Gasteiger charge is 2.22. The van der Waals surface area contributed by atoms with Crippen LogP contribution >= 0.6 is 0 Å². The van der Waals surface area contributed by atoms with Crippen LogP contribution in [0.2, 0.25) is 0 Å². The van der Waals surface area contributed by atoms with E-state index in [2.05, 4.69) is 4.98 Å². The number of nitrogens with zero attached hydrogens (tertiary/aromatic N) is 3. The van der Waals surface area contributed by atoms with Crippen LogP contribution in [0.25, 0.3) is 11.0 Å². The van der Waals surface area contributed by atoms with E-state index in [1.807, 2.05) is 31.5 Å². The minimum Gasteiger partial charge on any atom is -0.351 e. The van der Waals surface area contributed by atoms with Crippen molar-refractivity contribution in [1.82, 2.24) is 14.1 Å². The first-order chi connectivity index (χ1) is 11.2. The van der Waals surface area contributed by atoms with E-state index in [-0.39, 0.29) is 17.5 Å². The van der Waals surface area contributed by atoms with Crippen LogP contribution in [-0.2, 0) is 23.4 Å². The van der Waals surface area contributed by atoms with Crippen molar-refractivity contribution in [3.63, 3.8) is 0 Å². The van der Waals surface area contributed by atoms with Crippen LogP contribution in [0, 0.1) is 13.8 Å². The van der Waals surface area contributed by atoms with Gasteiger partial charge in [0.2, 0.25) is 15.0 Å². The van der Waals surface area contributed by atoms with Crippen LogP contribution in [0.5, 0.6) is 0 Å². The number of carbonyl (C=O) groups excluding carboxylic acids is 1. The maximum atomic E-state index is 12.8. The molecule has 24 heavy (non-hydrogen) atoms. The van der Waals surface area contributed by atoms with Crippen LogP contribution in [0.3, 0.4) is 0 Å². The fraction of sp³-hybridized carbons (Fsp3) is 0.294. The van der Waals surface area contributed by atoms with Crippen LogP contribution < -0.4 is 0 Å². The summed E-state index contributed by atoms with van der Waals surface area (Å²) in [6.45, 7) is 3.75. The number of hydrogen-bond acceptors (Lipinski definition) is 4. The first-order valence-electron chi connectivity index (χ1n) is 7.51. The van der Waals surface area contributed by atoms with Gasteiger partial charge in [0.1, 0.15) is 0 Å². The maximum absolute atomic E-state index is 12.8. The molecular weight excluding hydrogens is 326 g/mol. The minimum atomic E-state index is -3.54. The first kappa shape index (κ1) is 16.4. The number of fused-ring (bicyclic) bond motifs is 1. The molecular formula is C17H19N3O3S. The van der Waals surface area contributed by atoms with Gasteiger partial charge in [-0.2, -0.15) is 0 Å². The zero-order chi connectivity index (χ0) is 17.6. The van der Waals surface area contributed by atoms with E-state index in [9.17, 15) is 13.2 Å². The Balaban J connectivity index is 2.12. The lowest BCUT2D eigenvalue weighted by molar-refractivity contribution is 0.0970. The first-order valence-corrected chi connectivity index (χ1v) is 9.40. The van der Waals surface area contributed by atoms with Crippen LogP contribution in [0.4, 0.5) is 0 Å².